The van der Waals surface area contributed by atoms with E-state index < -0.39 is 0 Å². The Morgan fingerprint density at radius 2 is 2.25 bits per heavy atom. The topological polar surface area (TPSA) is 41.5 Å². The first-order valence-corrected chi connectivity index (χ1v) is 5.37. The monoisotopic (exact) mass is 227 g/mol. The Balaban J connectivity index is 2.55. The molecule has 0 aliphatic heterocycles. The summed E-state index contributed by atoms with van der Waals surface area (Å²) in [6.45, 7) is 3.08. The van der Waals surface area contributed by atoms with Gasteiger partial charge in [-0.25, -0.2) is 4.39 Å². The van der Waals surface area contributed by atoms with Crippen LogP contribution in [0.2, 0.25) is 0 Å². The van der Waals surface area contributed by atoms with Crippen molar-refractivity contribution < 1.29 is 14.2 Å². The lowest BCUT2D eigenvalue weighted by molar-refractivity contribution is 0.163. The van der Waals surface area contributed by atoms with Crippen molar-refractivity contribution in [1.29, 1.82) is 0 Å². The van der Waals surface area contributed by atoms with Gasteiger partial charge in [-0.3, -0.25) is 0 Å². The molecule has 0 saturated carbocycles. The SMILES string of the molecule is CCC(COC)NCc1cc(F)ccc1O. The predicted octanol–water partition coefficient (Wildman–Crippen LogP) is 2.05. The Labute approximate surface area is 95.2 Å². The summed E-state index contributed by atoms with van der Waals surface area (Å²) in [5.41, 5.74) is 0.564. The van der Waals surface area contributed by atoms with Crippen molar-refractivity contribution in [3.8, 4) is 5.75 Å². The molecule has 4 heteroatoms. The lowest BCUT2D eigenvalue weighted by atomic mass is 10.1. The zero-order chi connectivity index (χ0) is 12.0. The van der Waals surface area contributed by atoms with Crippen molar-refractivity contribution in [3.05, 3.63) is 29.6 Å². The van der Waals surface area contributed by atoms with Crippen molar-refractivity contribution in [2.75, 3.05) is 13.7 Å². The number of phenolic OH excluding ortho intramolecular Hbond substituents is 1. The molecule has 1 rings (SSSR count). The van der Waals surface area contributed by atoms with Crippen LogP contribution in [0.5, 0.6) is 5.75 Å². The summed E-state index contributed by atoms with van der Waals surface area (Å²) in [4.78, 5) is 0. The maximum absolute atomic E-state index is 12.9. The largest absolute Gasteiger partial charge is 0.508 e. The fraction of sp³-hybridized carbons (Fsp3) is 0.500. The Bertz CT molecular complexity index is 331. The number of hydrogen-bond donors (Lipinski definition) is 2. The third-order valence-corrected chi connectivity index (χ3v) is 2.48. The van der Waals surface area contributed by atoms with Gasteiger partial charge in [0.1, 0.15) is 11.6 Å². The Morgan fingerprint density at radius 1 is 1.50 bits per heavy atom. The molecule has 0 aliphatic rings. The molecule has 0 bridgehead atoms. The summed E-state index contributed by atoms with van der Waals surface area (Å²) in [6.07, 6.45) is 0.921. The van der Waals surface area contributed by atoms with Crippen molar-refractivity contribution in [2.45, 2.75) is 25.9 Å². The van der Waals surface area contributed by atoms with E-state index in [1.54, 1.807) is 7.11 Å². The smallest absolute Gasteiger partial charge is 0.123 e. The number of hydrogen-bond acceptors (Lipinski definition) is 3. The second kappa shape index (κ2) is 6.45. The van der Waals surface area contributed by atoms with Gasteiger partial charge in [-0.1, -0.05) is 6.92 Å². The minimum Gasteiger partial charge on any atom is -0.508 e. The van der Waals surface area contributed by atoms with Gasteiger partial charge in [-0.15, -0.1) is 0 Å². The normalized spacial score (nSPS) is 12.7. The van der Waals surface area contributed by atoms with Gasteiger partial charge >= 0.3 is 0 Å². The van der Waals surface area contributed by atoms with Crippen molar-refractivity contribution in [1.82, 2.24) is 5.32 Å². The minimum absolute atomic E-state index is 0.112. The summed E-state index contributed by atoms with van der Waals surface area (Å²) < 4.78 is 18.0. The molecular weight excluding hydrogens is 209 g/mol. The lowest BCUT2D eigenvalue weighted by Gasteiger charge is -2.16. The molecule has 1 aromatic carbocycles. The first kappa shape index (κ1) is 12.9. The third-order valence-electron chi connectivity index (χ3n) is 2.48. The number of rotatable bonds is 6. The molecule has 1 atom stereocenters. The van der Waals surface area contributed by atoms with Crippen LogP contribution in [0.1, 0.15) is 18.9 Å². The van der Waals surface area contributed by atoms with Gasteiger partial charge in [0.15, 0.2) is 0 Å². The number of phenols is 1. The Hall–Kier alpha value is -1.13. The summed E-state index contributed by atoms with van der Waals surface area (Å²) in [5, 5.41) is 12.7. The molecule has 0 amide bonds. The fourth-order valence-corrected chi connectivity index (χ4v) is 1.47. The van der Waals surface area contributed by atoms with E-state index in [-0.39, 0.29) is 17.6 Å². The molecule has 0 spiro atoms. The van der Waals surface area contributed by atoms with Crippen LogP contribution >= 0.6 is 0 Å². The van der Waals surface area contributed by atoms with Crippen LogP contribution in [0.3, 0.4) is 0 Å². The van der Waals surface area contributed by atoms with E-state index in [9.17, 15) is 9.50 Å². The fourth-order valence-electron chi connectivity index (χ4n) is 1.47. The molecule has 2 N–H and O–H groups in total. The average molecular weight is 227 g/mol. The average Bonchev–Trinajstić information content (AvgIpc) is 2.28. The molecule has 0 aliphatic carbocycles. The highest BCUT2D eigenvalue weighted by Crippen LogP contribution is 2.17. The van der Waals surface area contributed by atoms with E-state index in [4.69, 9.17) is 4.74 Å². The number of aromatic hydroxyl groups is 1. The lowest BCUT2D eigenvalue weighted by Crippen LogP contribution is -2.32. The van der Waals surface area contributed by atoms with Gasteiger partial charge in [0.05, 0.1) is 6.61 Å². The van der Waals surface area contributed by atoms with Crippen LogP contribution in [0, 0.1) is 5.82 Å². The zero-order valence-electron chi connectivity index (χ0n) is 9.66. The zero-order valence-corrected chi connectivity index (χ0v) is 9.66. The van der Waals surface area contributed by atoms with E-state index in [0.717, 1.165) is 6.42 Å². The summed E-state index contributed by atoms with van der Waals surface area (Å²) >= 11 is 0. The first-order chi connectivity index (χ1) is 7.67. The third kappa shape index (κ3) is 3.79. The Kier molecular flexibility index (Phi) is 5.22. The van der Waals surface area contributed by atoms with Gasteiger partial charge in [0, 0.05) is 25.3 Å². The molecule has 0 fully saturated rings. The summed E-state index contributed by atoms with van der Waals surface area (Å²) in [7, 11) is 1.64. The number of ether oxygens (including phenoxy) is 1. The number of nitrogens with one attached hydrogen (secondary N) is 1. The molecule has 0 aromatic heterocycles. The quantitative estimate of drug-likeness (QED) is 0.781. The highest BCUT2D eigenvalue weighted by molar-refractivity contribution is 5.32. The second-order valence-electron chi connectivity index (χ2n) is 3.71. The molecule has 3 nitrogen and oxygen atoms in total. The molecule has 90 valence electrons. The van der Waals surface area contributed by atoms with Gasteiger partial charge in [0.2, 0.25) is 0 Å². The highest BCUT2D eigenvalue weighted by Gasteiger charge is 2.07. The maximum Gasteiger partial charge on any atom is 0.123 e. The van der Waals surface area contributed by atoms with Crippen LogP contribution < -0.4 is 5.32 Å². The van der Waals surface area contributed by atoms with Crippen LogP contribution in [0.25, 0.3) is 0 Å². The Morgan fingerprint density at radius 3 is 2.88 bits per heavy atom. The minimum atomic E-state index is -0.339. The van der Waals surface area contributed by atoms with Gasteiger partial charge in [0.25, 0.3) is 0 Å². The molecule has 1 aromatic rings. The second-order valence-corrected chi connectivity index (χ2v) is 3.71. The van der Waals surface area contributed by atoms with Crippen molar-refractivity contribution >= 4 is 0 Å². The van der Waals surface area contributed by atoms with E-state index in [0.29, 0.717) is 18.7 Å². The molecule has 0 saturated heterocycles. The van der Waals surface area contributed by atoms with Gasteiger partial charge in [-0.05, 0) is 24.6 Å². The van der Waals surface area contributed by atoms with Crippen LogP contribution in [0.4, 0.5) is 4.39 Å². The molecular formula is C12H18FNO2. The highest BCUT2D eigenvalue weighted by atomic mass is 19.1. The van der Waals surface area contributed by atoms with E-state index in [1.165, 1.54) is 18.2 Å². The summed E-state index contributed by atoms with van der Waals surface area (Å²) in [6, 6.07) is 4.16. The number of methoxy groups -OCH3 is 1. The van der Waals surface area contributed by atoms with Crippen LogP contribution in [-0.4, -0.2) is 24.9 Å². The van der Waals surface area contributed by atoms with E-state index >= 15 is 0 Å². The molecule has 0 heterocycles. The van der Waals surface area contributed by atoms with Gasteiger partial charge in [-0.2, -0.15) is 0 Å². The number of halogens is 1. The molecule has 16 heavy (non-hydrogen) atoms. The van der Waals surface area contributed by atoms with Crippen LogP contribution in [-0.2, 0) is 11.3 Å². The molecule has 1 unspecified atom stereocenters. The van der Waals surface area contributed by atoms with Crippen LogP contribution in [0.15, 0.2) is 18.2 Å². The summed E-state index contributed by atoms with van der Waals surface area (Å²) in [5.74, 6) is -0.226. The number of benzene rings is 1. The van der Waals surface area contributed by atoms with E-state index in [2.05, 4.69) is 5.32 Å². The van der Waals surface area contributed by atoms with Gasteiger partial charge < -0.3 is 15.2 Å². The van der Waals surface area contributed by atoms with Crippen molar-refractivity contribution in [3.63, 3.8) is 0 Å². The standard InChI is InChI=1S/C12H18FNO2/c1-3-11(8-16-2)14-7-9-6-10(13)4-5-12(9)15/h4-6,11,14-15H,3,7-8H2,1-2H3. The predicted molar refractivity (Wildman–Crippen MR) is 60.9 cm³/mol. The molecule has 0 radical (unpaired) electrons. The van der Waals surface area contributed by atoms with E-state index in [1.807, 2.05) is 6.92 Å². The first-order valence-electron chi connectivity index (χ1n) is 5.37. The maximum atomic E-state index is 12.9. The van der Waals surface area contributed by atoms with Crippen molar-refractivity contribution in [2.24, 2.45) is 0 Å².